The van der Waals surface area contributed by atoms with E-state index in [0.717, 1.165) is 0 Å². The van der Waals surface area contributed by atoms with Crippen LogP contribution in [0, 0.1) is 5.92 Å². The first kappa shape index (κ1) is 10.5. The summed E-state index contributed by atoms with van der Waals surface area (Å²) >= 11 is 0. The molecule has 0 aromatic rings. The van der Waals surface area contributed by atoms with E-state index in [4.69, 9.17) is 16.1 Å². The fourth-order valence-electron chi connectivity index (χ4n) is 1.45. The number of carboxylic acids is 2. The smallest absolute Gasteiger partial charge is 0.328 e. The largest absolute Gasteiger partial charge is 0.481 e. The molecule has 4 N–H and O–H groups in total. The standard InChI is InChI=1S/C7H10N2O5/c8-9-4(7(13)14)1-3(6(9)12)2-5(10)11/h3-4H,1-2,8H2,(H,10,11)(H,13,14). The van der Waals surface area contributed by atoms with Gasteiger partial charge in [0, 0.05) is 0 Å². The summed E-state index contributed by atoms with van der Waals surface area (Å²) in [4.78, 5) is 32.1. The number of aliphatic carboxylic acids is 2. The third kappa shape index (κ3) is 1.82. The lowest BCUT2D eigenvalue weighted by molar-refractivity contribution is -0.147. The van der Waals surface area contributed by atoms with E-state index in [1.165, 1.54) is 0 Å². The molecule has 0 spiro atoms. The van der Waals surface area contributed by atoms with Crippen LogP contribution in [0.4, 0.5) is 0 Å². The van der Waals surface area contributed by atoms with Crippen molar-refractivity contribution >= 4 is 17.8 Å². The highest BCUT2D eigenvalue weighted by molar-refractivity contribution is 5.90. The molecule has 1 rings (SSSR count). The van der Waals surface area contributed by atoms with Crippen LogP contribution in [-0.2, 0) is 14.4 Å². The Kier molecular flexibility index (Phi) is 2.70. The van der Waals surface area contributed by atoms with E-state index in [0.29, 0.717) is 5.01 Å². The molecule has 0 aromatic heterocycles. The third-order valence-electron chi connectivity index (χ3n) is 2.15. The van der Waals surface area contributed by atoms with Gasteiger partial charge < -0.3 is 10.2 Å². The Morgan fingerprint density at radius 3 is 2.43 bits per heavy atom. The van der Waals surface area contributed by atoms with Crippen LogP contribution in [-0.4, -0.2) is 39.1 Å². The van der Waals surface area contributed by atoms with Crippen molar-refractivity contribution in [1.82, 2.24) is 5.01 Å². The van der Waals surface area contributed by atoms with Gasteiger partial charge in [-0.3, -0.25) is 14.6 Å². The predicted molar refractivity (Wildman–Crippen MR) is 42.8 cm³/mol. The van der Waals surface area contributed by atoms with Gasteiger partial charge in [-0.05, 0) is 6.42 Å². The van der Waals surface area contributed by atoms with Crippen LogP contribution in [0.15, 0.2) is 0 Å². The van der Waals surface area contributed by atoms with Gasteiger partial charge in [0.25, 0.3) is 0 Å². The second kappa shape index (κ2) is 3.62. The van der Waals surface area contributed by atoms with Gasteiger partial charge in [-0.25, -0.2) is 10.6 Å². The van der Waals surface area contributed by atoms with Crippen molar-refractivity contribution in [2.75, 3.05) is 0 Å². The Labute approximate surface area is 79.1 Å². The number of carbonyl (C=O) groups is 3. The minimum atomic E-state index is -1.21. The normalized spacial score (nSPS) is 26.6. The number of carbonyl (C=O) groups excluding carboxylic acids is 1. The quantitative estimate of drug-likeness (QED) is 0.383. The van der Waals surface area contributed by atoms with Gasteiger partial charge in [0.2, 0.25) is 5.91 Å². The van der Waals surface area contributed by atoms with Gasteiger partial charge in [-0.2, -0.15) is 0 Å². The number of hydrogen-bond acceptors (Lipinski definition) is 4. The first-order valence-electron chi connectivity index (χ1n) is 3.96. The monoisotopic (exact) mass is 202 g/mol. The molecule has 1 fully saturated rings. The number of hydrazine groups is 1. The fourth-order valence-corrected chi connectivity index (χ4v) is 1.45. The minimum absolute atomic E-state index is 0.0447. The van der Waals surface area contributed by atoms with E-state index in [9.17, 15) is 14.4 Å². The van der Waals surface area contributed by atoms with Gasteiger partial charge in [0.05, 0.1) is 12.3 Å². The van der Waals surface area contributed by atoms with Crippen LogP contribution in [0.5, 0.6) is 0 Å². The zero-order valence-electron chi connectivity index (χ0n) is 7.21. The van der Waals surface area contributed by atoms with Crippen LogP contribution >= 0.6 is 0 Å². The van der Waals surface area contributed by atoms with Gasteiger partial charge in [-0.15, -0.1) is 0 Å². The minimum Gasteiger partial charge on any atom is -0.481 e. The molecule has 1 heterocycles. The van der Waals surface area contributed by atoms with Crippen molar-refractivity contribution in [2.45, 2.75) is 18.9 Å². The van der Waals surface area contributed by atoms with Crippen LogP contribution in [0.1, 0.15) is 12.8 Å². The highest BCUT2D eigenvalue weighted by Crippen LogP contribution is 2.24. The molecule has 2 unspecified atom stereocenters. The molecule has 0 bridgehead atoms. The summed E-state index contributed by atoms with van der Waals surface area (Å²) in [5.74, 6) is 1.40. The van der Waals surface area contributed by atoms with E-state index >= 15 is 0 Å². The highest BCUT2D eigenvalue weighted by Gasteiger charge is 2.42. The summed E-state index contributed by atoms with van der Waals surface area (Å²) in [5, 5.41) is 17.7. The van der Waals surface area contributed by atoms with E-state index in [-0.39, 0.29) is 12.8 Å². The lowest BCUT2D eigenvalue weighted by Gasteiger charge is -2.13. The number of nitrogens with two attached hydrogens (primary N) is 1. The maximum absolute atomic E-state index is 11.2. The maximum Gasteiger partial charge on any atom is 0.328 e. The zero-order chi connectivity index (χ0) is 10.9. The van der Waals surface area contributed by atoms with E-state index in [1.807, 2.05) is 0 Å². The van der Waals surface area contributed by atoms with E-state index in [1.54, 1.807) is 0 Å². The molecule has 0 aliphatic carbocycles. The Balaban J connectivity index is 2.71. The summed E-state index contributed by atoms with van der Waals surface area (Å²) in [7, 11) is 0. The number of nitrogens with zero attached hydrogens (tertiary/aromatic N) is 1. The molecule has 1 saturated heterocycles. The average Bonchev–Trinajstić information content (AvgIpc) is 2.32. The first-order valence-corrected chi connectivity index (χ1v) is 3.96. The van der Waals surface area contributed by atoms with Gasteiger partial charge in [0.1, 0.15) is 6.04 Å². The van der Waals surface area contributed by atoms with Gasteiger partial charge in [-0.1, -0.05) is 0 Å². The van der Waals surface area contributed by atoms with Crippen LogP contribution in [0.3, 0.4) is 0 Å². The molecule has 7 nitrogen and oxygen atoms in total. The number of amides is 1. The highest BCUT2D eigenvalue weighted by atomic mass is 16.4. The van der Waals surface area contributed by atoms with Gasteiger partial charge in [0.15, 0.2) is 0 Å². The van der Waals surface area contributed by atoms with Crippen LogP contribution in [0.2, 0.25) is 0 Å². The Hall–Kier alpha value is -1.63. The van der Waals surface area contributed by atoms with Crippen molar-refractivity contribution in [1.29, 1.82) is 0 Å². The Morgan fingerprint density at radius 1 is 1.50 bits per heavy atom. The Morgan fingerprint density at radius 2 is 2.07 bits per heavy atom. The third-order valence-corrected chi connectivity index (χ3v) is 2.15. The summed E-state index contributed by atoms with van der Waals surface area (Å²) in [5.41, 5.74) is 0. The lowest BCUT2D eigenvalue weighted by Crippen LogP contribution is -2.44. The maximum atomic E-state index is 11.2. The summed E-state index contributed by atoms with van der Waals surface area (Å²) in [6, 6.07) is -1.10. The molecule has 0 saturated carbocycles. The summed E-state index contributed by atoms with van der Waals surface area (Å²) in [6.45, 7) is 0. The first-order chi connectivity index (χ1) is 6.43. The van der Waals surface area contributed by atoms with Gasteiger partial charge >= 0.3 is 11.9 Å². The molecular weight excluding hydrogens is 192 g/mol. The van der Waals surface area contributed by atoms with Crippen molar-refractivity contribution < 1.29 is 24.6 Å². The van der Waals surface area contributed by atoms with Crippen LogP contribution in [0.25, 0.3) is 0 Å². The topological polar surface area (TPSA) is 121 Å². The second-order valence-corrected chi connectivity index (χ2v) is 3.13. The average molecular weight is 202 g/mol. The Bertz CT molecular complexity index is 290. The molecule has 7 heteroatoms. The summed E-state index contributed by atoms with van der Waals surface area (Å²) in [6.07, 6.45) is -0.423. The summed E-state index contributed by atoms with van der Waals surface area (Å²) < 4.78 is 0. The van der Waals surface area contributed by atoms with Crippen molar-refractivity contribution in [2.24, 2.45) is 11.8 Å². The number of hydrogen-bond donors (Lipinski definition) is 3. The SMILES string of the molecule is NN1C(=O)C(CC(=O)O)CC1C(=O)O. The van der Waals surface area contributed by atoms with E-state index in [2.05, 4.69) is 0 Å². The van der Waals surface area contributed by atoms with Crippen molar-refractivity contribution in [3.05, 3.63) is 0 Å². The molecule has 1 aliphatic rings. The molecule has 0 radical (unpaired) electrons. The molecule has 0 aromatic carbocycles. The predicted octanol–water partition coefficient (Wildman–Crippen LogP) is -1.36. The van der Waals surface area contributed by atoms with Crippen molar-refractivity contribution in [3.8, 4) is 0 Å². The zero-order valence-corrected chi connectivity index (χ0v) is 7.21. The fraction of sp³-hybridized carbons (Fsp3) is 0.571. The number of carboxylic acid groups (broad SMARTS) is 2. The molecule has 14 heavy (non-hydrogen) atoms. The molecule has 2 atom stereocenters. The molecular formula is C7H10N2O5. The lowest BCUT2D eigenvalue weighted by atomic mass is 10.0. The van der Waals surface area contributed by atoms with Crippen molar-refractivity contribution in [3.63, 3.8) is 0 Å². The molecule has 1 amide bonds. The van der Waals surface area contributed by atoms with Crippen LogP contribution < -0.4 is 5.84 Å². The van der Waals surface area contributed by atoms with E-state index < -0.39 is 29.8 Å². The molecule has 78 valence electrons. The second-order valence-electron chi connectivity index (χ2n) is 3.13. The number of rotatable bonds is 3. The molecule has 1 aliphatic heterocycles.